The molecule has 3 aromatic rings. The van der Waals surface area contributed by atoms with Crippen LogP contribution in [0.25, 0.3) is 10.9 Å². The van der Waals surface area contributed by atoms with Gasteiger partial charge in [0.15, 0.2) is 6.04 Å². The summed E-state index contributed by atoms with van der Waals surface area (Å²) in [4.78, 5) is 28.9. The highest BCUT2D eigenvalue weighted by Gasteiger charge is 2.23. The normalized spacial score (nSPS) is 11.7. The van der Waals surface area contributed by atoms with Crippen LogP contribution >= 0.6 is 11.8 Å². The van der Waals surface area contributed by atoms with Crippen LogP contribution in [-0.4, -0.2) is 29.7 Å². The molecule has 26 heavy (non-hydrogen) atoms. The zero-order valence-electron chi connectivity index (χ0n) is 14.2. The van der Waals surface area contributed by atoms with Gasteiger partial charge in [-0.1, -0.05) is 66.4 Å². The molecule has 1 N–H and O–H groups in total. The van der Waals surface area contributed by atoms with Crippen LogP contribution < -0.4 is 5.32 Å². The molecule has 0 fully saturated rings. The lowest BCUT2D eigenvalue weighted by atomic mass is 10.1. The smallest absolute Gasteiger partial charge is 0.333 e. The summed E-state index contributed by atoms with van der Waals surface area (Å²) >= 11 is 1.32. The van der Waals surface area contributed by atoms with E-state index in [9.17, 15) is 9.59 Å². The Morgan fingerprint density at radius 1 is 1.04 bits per heavy atom. The third-order valence-corrected chi connectivity index (χ3v) is 4.73. The molecule has 1 atom stereocenters. The number of nitrogens with one attached hydrogen (secondary N) is 1. The van der Waals surface area contributed by atoms with E-state index in [0.717, 1.165) is 15.9 Å². The maximum absolute atomic E-state index is 12.3. The number of para-hydroxylation sites is 1. The van der Waals surface area contributed by atoms with Crippen molar-refractivity contribution in [3.8, 4) is 0 Å². The SMILES string of the molecule is COC(=O)C(NC(=O)CSc1ccc2ccccc2n1)c1ccccc1. The molecule has 3 rings (SSSR count). The molecular weight excluding hydrogens is 348 g/mol. The van der Waals surface area contributed by atoms with Gasteiger partial charge in [0.05, 0.1) is 23.4 Å². The summed E-state index contributed by atoms with van der Waals surface area (Å²) in [5, 5.41) is 4.54. The van der Waals surface area contributed by atoms with Crippen LogP contribution in [0.4, 0.5) is 0 Å². The molecule has 0 aliphatic carbocycles. The molecule has 6 heteroatoms. The molecule has 0 radical (unpaired) electrons. The molecule has 2 aromatic carbocycles. The predicted octanol–water partition coefficient (Wildman–Crippen LogP) is 3.36. The summed E-state index contributed by atoms with van der Waals surface area (Å²) in [6.07, 6.45) is 0. The van der Waals surface area contributed by atoms with Crippen LogP contribution in [0.15, 0.2) is 71.8 Å². The predicted molar refractivity (Wildman–Crippen MR) is 102 cm³/mol. The number of ether oxygens (including phenoxy) is 1. The fraction of sp³-hybridized carbons (Fsp3) is 0.150. The minimum Gasteiger partial charge on any atom is -0.467 e. The number of methoxy groups -OCH3 is 1. The molecule has 0 aliphatic heterocycles. The Morgan fingerprint density at radius 3 is 2.54 bits per heavy atom. The Hall–Kier alpha value is -2.86. The number of nitrogens with zero attached hydrogens (tertiary/aromatic N) is 1. The molecular formula is C20H18N2O3S. The first-order valence-corrected chi connectivity index (χ1v) is 9.06. The number of aromatic nitrogens is 1. The molecule has 0 saturated heterocycles. The van der Waals surface area contributed by atoms with Crippen molar-refractivity contribution in [3.63, 3.8) is 0 Å². The maximum atomic E-state index is 12.3. The number of pyridine rings is 1. The first-order valence-electron chi connectivity index (χ1n) is 8.08. The quantitative estimate of drug-likeness (QED) is 0.535. The van der Waals surface area contributed by atoms with Crippen molar-refractivity contribution in [3.05, 3.63) is 72.3 Å². The Kier molecular flexibility index (Phi) is 5.86. The minimum absolute atomic E-state index is 0.158. The average Bonchev–Trinajstić information content (AvgIpc) is 2.70. The summed E-state index contributed by atoms with van der Waals surface area (Å²) in [5.41, 5.74) is 1.57. The highest BCUT2D eigenvalue weighted by molar-refractivity contribution is 7.99. The van der Waals surface area contributed by atoms with Gasteiger partial charge in [0.25, 0.3) is 0 Å². The largest absolute Gasteiger partial charge is 0.467 e. The molecule has 1 amide bonds. The van der Waals surface area contributed by atoms with Crippen molar-refractivity contribution >= 4 is 34.5 Å². The summed E-state index contributed by atoms with van der Waals surface area (Å²) in [6, 6.07) is 19.9. The molecule has 0 spiro atoms. The van der Waals surface area contributed by atoms with Crippen molar-refractivity contribution in [2.75, 3.05) is 12.9 Å². The number of rotatable bonds is 6. The van der Waals surface area contributed by atoms with Gasteiger partial charge in [-0.2, -0.15) is 0 Å². The van der Waals surface area contributed by atoms with E-state index in [0.29, 0.717) is 5.56 Å². The minimum atomic E-state index is -0.820. The molecule has 0 saturated carbocycles. The Labute approximate surface area is 155 Å². The van der Waals surface area contributed by atoms with Crippen LogP contribution in [0, 0.1) is 0 Å². The number of esters is 1. The molecule has 0 bridgehead atoms. The van der Waals surface area contributed by atoms with E-state index in [-0.39, 0.29) is 11.7 Å². The lowest BCUT2D eigenvalue weighted by Gasteiger charge is -2.16. The number of amides is 1. The molecule has 1 aromatic heterocycles. The fourth-order valence-electron chi connectivity index (χ4n) is 2.51. The molecule has 1 heterocycles. The Morgan fingerprint density at radius 2 is 1.77 bits per heavy atom. The van der Waals surface area contributed by atoms with Gasteiger partial charge >= 0.3 is 5.97 Å². The number of carbonyl (C=O) groups excluding carboxylic acids is 2. The Balaban J connectivity index is 1.65. The first kappa shape index (κ1) is 17.9. The fourth-order valence-corrected chi connectivity index (χ4v) is 3.20. The highest BCUT2D eigenvalue weighted by Crippen LogP contribution is 2.20. The number of thioether (sulfide) groups is 1. The second-order valence-corrected chi connectivity index (χ2v) is 6.56. The molecule has 1 unspecified atom stereocenters. The van der Waals surface area contributed by atoms with Gasteiger partial charge in [-0.05, 0) is 17.7 Å². The average molecular weight is 366 g/mol. The van der Waals surface area contributed by atoms with Crippen LogP contribution in [0.5, 0.6) is 0 Å². The monoisotopic (exact) mass is 366 g/mol. The number of benzene rings is 2. The summed E-state index contributed by atoms with van der Waals surface area (Å²) in [5.74, 6) is -0.603. The number of carbonyl (C=O) groups is 2. The van der Waals surface area contributed by atoms with E-state index < -0.39 is 12.0 Å². The van der Waals surface area contributed by atoms with Gasteiger partial charge in [0, 0.05) is 5.39 Å². The Bertz CT molecular complexity index is 915. The second kappa shape index (κ2) is 8.49. The number of hydrogen-bond donors (Lipinski definition) is 1. The van der Waals surface area contributed by atoms with Crippen molar-refractivity contribution in [2.45, 2.75) is 11.1 Å². The van der Waals surface area contributed by atoms with Crippen molar-refractivity contribution in [1.29, 1.82) is 0 Å². The van der Waals surface area contributed by atoms with Gasteiger partial charge in [-0.3, -0.25) is 4.79 Å². The molecule has 0 aliphatic rings. The number of fused-ring (bicyclic) bond motifs is 1. The topological polar surface area (TPSA) is 68.3 Å². The van der Waals surface area contributed by atoms with Gasteiger partial charge < -0.3 is 10.1 Å². The van der Waals surface area contributed by atoms with E-state index in [1.54, 1.807) is 12.1 Å². The van der Waals surface area contributed by atoms with Gasteiger partial charge in [-0.15, -0.1) is 0 Å². The van der Waals surface area contributed by atoms with Crippen molar-refractivity contribution in [2.24, 2.45) is 0 Å². The van der Waals surface area contributed by atoms with E-state index in [1.165, 1.54) is 18.9 Å². The zero-order valence-corrected chi connectivity index (χ0v) is 15.0. The van der Waals surface area contributed by atoms with Gasteiger partial charge in [-0.25, -0.2) is 9.78 Å². The van der Waals surface area contributed by atoms with Gasteiger partial charge in [0.1, 0.15) is 0 Å². The number of hydrogen-bond acceptors (Lipinski definition) is 5. The highest BCUT2D eigenvalue weighted by atomic mass is 32.2. The zero-order chi connectivity index (χ0) is 18.4. The summed E-state index contributed by atoms with van der Waals surface area (Å²) in [6.45, 7) is 0. The maximum Gasteiger partial charge on any atom is 0.333 e. The lowest BCUT2D eigenvalue weighted by Crippen LogP contribution is -2.35. The van der Waals surface area contributed by atoms with Crippen LogP contribution in [0.2, 0.25) is 0 Å². The standard InChI is InChI=1S/C20H18N2O3S/c1-25-20(24)19(15-8-3-2-4-9-15)22-17(23)13-26-18-12-11-14-7-5-6-10-16(14)21-18/h2-12,19H,13H2,1H3,(H,22,23). The lowest BCUT2D eigenvalue weighted by molar-refractivity contribution is -0.145. The first-order chi connectivity index (χ1) is 12.7. The van der Waals surface area contributed by atoms with Crippen LogP contribution in [0.1, 0.15) is 11.6 Å². The van der Waals surface area contributed by atoms with Gasteiger partial charge in [0.2, 0.25) is 5.91 Å². The van der Waals surface area contributed by atoms with E-state index in [1.807, 2.05) is 54.6 Å². The van der Waals surface area contributed by atoms with Crippen molar-refractivity contribution < 1.29 is 14.3 Å². The van der Waals surface area contributed by atoms with E-state index in [4.69, 9.17) is 4.74 Å². The van der Waals surface area contributed by atoms with Crippen molar-refractivity contribution in [1.82, 2.24) is 10.3 Å². The second-order valence-electron chi connectivity index (χ2n) is 5.57. The van der Waals surface area contributed by atoms with Crippen LogP contribution in [-0.2, 0) is 14.3 Å². The van der Waals surface area contributed by atoms with Crippen LogP contribution in [0.3, 0.4) is 0 Å². The third-order valence-electron chi connectivity index (χ3n) is 3.80. The van der Waals surface area contributed by atoms with E-state index in [2.05, 4.69) is 10.3 Å². The summed E-state index contributed by atoms with van der Waals surface area (Å²) < 4.78 is 4.81. The third kappa shape index (κ3) is 4.40. The summed E-state index contributed by atoms with van der Waals surface area (Å²) in [7, 11) is 1.30. The molecule has 5 nitrogen and oxygen atoms in total. The van der Waals surface area contributed by atoms with E-state index >= 15 is 0 Å². The molecule has 132 valence electrons.